The SMILES string of the molecule is Cc1ccc2c(C)cnn2c1.Cc1cnn2ccccc12. The van der Waals surface area contributed by atoms with Crippen molar-refractivity contribution in [2.45, 2.75) is 20.8 Å². The maximum atomic E-state index is 4.20. The van der Waals surface area contributed by atoms with Crippen LogP contribution in [0.15, 0.2) is 55.1 Å². The topological polar surface area (TPSA) is 34.6 Å². The molecule has 0 spiro atoms. The summed E-state index contributed by atoms with van der Waals surface area (Å²) in [4.78, 5) is 0. The van der Waals surface area contributed by atoms with Crippen molar-refractivity contribution >= 4 is 11.0 Å². The molecule has 4 aromatic heterocycles. The highest BCUT2D eigenvalue weighted by Gasteiger charge is 1.96. The second kappa shape index (κ2) is 5.40. The molecule has 0 saturated carbocycles. The van der Waals surface area contributed by atoms with E-state index in [1.807, 2.05) is 46.0 Å². The molecule has 0 bridgehead atoms. The molecule has 4 rings (SSSR count). The van der Waals surface area contributed by atoms with Gasteiger partial charge in [0.05, 0.1) is 23.4 Å². The van der Waals surface area contributed by atoms with Gasteiger partial charge in [0.1, 0.15) is 0 Å². The number of aromatic nitrogens is 4. The molecular weight excluding hydrogens is 260 g/mol. The number of aryl methyl sites for hydroxylation is 3. The molecular formula is C17H18N4. The highest BCUT2D eigenvalue weighted by Crippen LogP contribution is 2.09. The molecule has 21 heavy (non-hydrogen) atoms. The van der Waals surface area contributed by atoms with Crippen LogP contribution >= 0.6 is 0 Å². The molecule has 4 nitrogen and oxygen atoms in total. The summed E-state index contributed by atoms with van der Waals surface area (Å²) in [5, 5.41) is 8.33. The molecule has 0 radical (unpaired) electrons. The lowest BCUT2D eigenvalue weighted by molar-refractivity contribution is 0.952. The van der Waals surface area contributed by atoms with Crippen LogP contribution in [-0.4, -0.2) is 19.2 Å². The molecule has 0 aliphatic carbocycles. The standard InChI is InChI=1S/C9H10N2.C8H8N2/c1-7-3-4-9-8(2)5-10-11(9)6-7;1-7-6-9-10-5-3-2-4-8(7)10/h3-6H,1-2H3;2-6H,1H3. The summed E-state index contributed by atoms with van der Waals surface area (Å²) < 4.78 is 3.78. The maximum absolute atomic E-state index is 4.20. The molecule has 0 saturated heterocycles. The Balaban J connectivity index is 0.000000126. The average molecular weight is 278 g/mol. The molecule has 4 aromatic rings. The summed E-state index contributed by atoms with van der Waals surface area (Å²) in [6.07, 6.45) is 7.73. The van der Waals surface area contributed by atoms with Crippen molar-refractivity contribution in [2.75, 3.05) is 0 Å². The number of nitrogens with zero attached hydrogens (tertiary/aromatic N) is 4. The van der Waals surface area contributed by atoms with Crippen LogP contribution in [0.1, 0.15) is 16.7 Å². The Bertz CT molecular complexity index is 886. The fourth-order valence-corrected chi connectivity index (χ4v) is 2.28. The predicted molar refractivity (Wildman–Crippen MR) is 84.6 cm³/mol. The highest BCUT2D eigenvalue weighted by atomic mass is 15.2. The summed E-state index contributed by atoms with van der Waals surface area (Å²) in [6.45, 7) is 6.19. The second-order valence-electron chi connectivity index (χ2n) is 5.22. The summed E-state index contributed by atoms with van der Waals surface area (Å²) in [5.74, 6) is 0. The zero-order valence-electron chi connectivity index (χ0n) is 12.5. The lowest BCUT2D eigenvalue weighted by Crippen LogP contribution is -1.86. The fraction of sp³-hybridized carbons (Fsp3) is 0.176. The van der Waals surface area contributed by atoms with Gasteiger partial charge >= 0.3 is 0 Å². The van der Waals surface area contributed by atoms with E-state index < -0.39 is 0 Å². The van der Waals surface area contributed by atoms with Crippen molar-refractivity contribution in [3.05, 3.63) is 71.8 Å². The molecule has 0 aromatic carbocycles. The lowest BCUT2D eigenvalue weighted by atomic mass is 10.2. The minimum atomic E-state index is 1.18. The van der Waals surface area contributed by atoms with Crippen LogP contribution in [0.2, 0.25) is 0 Å². The summed E-state index contributed by atoms with van der Waals surface area (Å²) in [5.41, 5.74) is 6.06. The first-order valence-corrected chi connectivity index (χ1v) is 6.95. The normalized spacial score (nSPS) is 10.6. The lowest BCUT2D eigenvalue weighted by Gasteiger charge is -1.94. The first kappa shape index (κ1) is 13.4. The van der Waals surface area contributed by atoms with Crippen LogP contribution in [0, 0.1) is 20.8 Å². The molecule has 106 valence electrons. The third-order valence-corrected chi connectivity index (χ3v) is 3.48. The Labute approximate surface area is 123 Å². The molecule has 4 heteroatoms. The van der Waals surface area contributed by atoms with Gasteiger partial charge in [0, 0.05) is 12.4 Å². The first-order chi connectivity index (χ1) is 10.1. The van der Waals surface area contributed by atoms with E-state index in [1.54, 1.807) is 0 Å². The largest absolute Gasteiger partial charge is 0.241 e. The van der Waals surface area contributed by atoms with Crippen molar-refractivity contribution in [2.24, 2.45) is 0 Å². The summed E-state index contributed by atoms with van der Waals surface area (Å²) in [7, 11) is 0. The maximum Gasteiger partial charge on any atom is 0.0690 e. The van der Waals surface area contributed by atoms with E-state index in [0.29, 0.717) is 0 Å². The second-order valence-corrected chi connectivity index (χ2v) is 5.22. The third kappa shape index (κ3) is 2.65. The summed E-state index contributed by atoms with van der Waals surface area (Å²) in [6, 6.07) is 10.2. The van der Waals surface area contributed by atoms with Gasteiger partial charge in [-0.25, -0.2) is 9.03 Å². The van der Waals surface area contributed by atoms with Crippen LogP contribution < -0.4 is 0 Å². The van der Waals surface area contributed by atoms with Gasteiger partial charge in [-0.15, -0.1) is 0 Å². The van der Waals surface area contributed by atoms with E-state index in [4.69, 9.17) is 0 Å². The number of pyridine rings is 2. The van der Waals surface area contributed by atoms with Crippen LogP contribution in [0.25, 0.3) is 11.0 Å². The van der Waals surface area contributed by atoms with E-state index in [0.717, 1.165) is 0 Å². The van der Waals surface area contributed by atoms with Crippen molar-refractivity contribution in [1.29, 1.82) is 0 Å². The molecule has 0 aliphatic rings. The zero-order chi connectivity index (χ0) is 14.8. The summed E-state index contributed by atoms with van der Waals surface area (Å²) >= 11 is 0. The third-order valence-electron chi connectivity index (χ3n) is 3.48. The minimum absolute atomic E-state index is 1.18. The molecule has 0 amide bonds. The Morgan fingerprint density at radius 2 is 1.43 bits per heavy atom. The molecule has 0 N–H and O–H groups in total. The van der Waals surface area contributed by atoms with Gasteiger partial charge in [0.2, 0.25) is 0 Å². The van der Waals surface area contributed by atoms with E-state index in [2.05, 4.69) is 49.2 Å². The van der Waals surface area contributed by atoms with Crippen molar-refractivity contribution < 1.29 is 0 Å². The monoisotopic (exact) mass is 278 g/mol. The van der Waals surface area contributed by atoms with E-state index in [9.17, 15) is 0 Å². The number of hydrogen-bond donors (Lipinski definition) is 0. The van der Waals surface area contributed by atoms with E-state index in [1.165, 1.54) is 27.7 Å². The number of hydrogen-bond acceptors (Lipinski definition) is 2. The van der Waals surface area contributed by atoms with Gasteiger partial charge in [-0.2, -0.15) is 10.2 Å². The van der Waals surface area contributed by atoms with Crippen molar-refractivity contribution in [3.8, 4) is 0 Å². The molecule has 0 fully saturated rings. The van der Waals surface area contributed by atoms with Crippen LogP contribution in [0.4, 0.5) is 0 Å². The van der Waals surface area contributed by atoms with E-state index >= 15 is 0 Å². The van der Waals surface area contributed by atoms with Gasteiger partial charge in [-0.05, 0) is 55.7 Å². The van der Waals surface area contributed by atoms with Gasteiger partial charge in [-0.3, -0.25) is 0 Å². The Morgan fingerprint density at radius 1 is 0.762 bits per heavy atom. The fourth-order valence-electron chi connectivity index (χ4n) is 2.28. The molecule has 4 heterocycles. The quantitative estimate of drug-likeness (QED) is 0.492. The molecule has 0 aliphatic heterocycles. The first-order valence-electron chi connectivity index (χ1n) is 6.95. The minimum Gasteiger partial charge on any atom is -0.241 e. The number of fused-ring (bicyclic) bond motifs is 2. The zero-order valence-corrected chi connectivity index (χ0v) is 12.5. The van der Waals surface area contributed by atoms with Crippen molar-refractivity contribution in [3.63, 3.8) is 0 Å². The van der Waals surface area contributed by atoms with Gasteiger partial charge in [0.25, 0.3) is 0 Å². The van der Waals surface area contributed by atoms with Gasteiger partial charge in [-0.1, -0.05) is 12.1 Å². The number of rotatable bonds is 0. The highest BCUT2D eigenvalue weighted by molar-refractivity contribution is 5.53. The average Bonchev–Trinajstić information content (AvgIpc) is 3.04. The Hall–Kier alpha value is -2.62. The Kier molecular flexibility index (Phi) is 3.44. The molecule has 0 unspecified atom stereocenters. The predicted octanol–water partition coefficient (Wildman–Crippen LogP) is 3.59. The Morgan fingerprint density at radius 3 is 2.14 bits per heavy atom. The molecule has 0 atom stereocenters. The smallest absolute Gasteiger partial charge is 0.0690 e. The van der Waals surface area contributed by atoms with E-state index in [-0.39, 0.29) is 0 Å². The van der Waals surface area contributed by atoms with Crippen LogP contribution in [-0.2, 0) is 0 Å². The van der Waals surface area contributed by atoms with Crippen LogP contribution in [0.3, 0.4) is 0 Å². The van der Waals surface area contributed by atoms with Gasteiger partial charge < -0.3 is 0 Å². The van der Waals surface area contributed by atoms with Crippen molar-refractivity contribution in [1.82, 2.24) is 19.2 Å². The van der Waals surface area contributed by atoms with Gasteiger partial charge in [0.15, 0.2) is 0 Å². The van der Waals surface area contributed by atoms with Crippen LogP contribution in [0.5, 0.6) is 0 Å².